The fourth-order valence-electron chi connectivity index (χ4n) is 7.47. The van der Waals surface area contributed by atoms with Gasteiger partial charge in [-0.05, 0) is 18.2 Å². The summed E-state index contributed by atoms with van der Waals surface area (Å²) in [6.07, 6.45) is -6.77. The van der Waals surface area contributed by atoms with Gasteiger partial charge in [0.05, 0.1) is 39.1 Å². The van der Waals surface area contributed by atoms with Crippen molar-refractivity contribution in [1.82, 2.24) is 48.6 Å². The maximum atomic E-state index is 13.7. The largest absolute Gasteiger partial charge is 0.472 e. The van der Waals surface area contributed by atoms with Crippen LogP contribution >= 0.6 is 36.1 Å². The van der Waals surface area contributed by atoms with Crippen LogP contribution in [0.2, 0.25) is 0 Å². The Balaban J connectivity index is 0.979. The van der Waals surface area contributed by atoms with Gasteiger partial charge in [-0.2, -0.15) is 22.6 Å². The number of aromatic nitrogens is 10. The van der Waals surface area contributed by atoms with Crippen LogP contribution in [0.5, 0.6) is 0 Å². The predicted octanol–water partition coefficient (Wildman–Crippen LogP) is -0.356. The van der Waals surface area contributed by atoms with Crippen molar-refractivity contribution in [1.29, 1.82) is 0 Å². The number of nitrogens with one attached hydrogen (secondary N) is 1. The van der Waals surface area contributed by atoms with Crippen molar-refractivity contribution in [2.24, 2.45) is 0 Å². The van der Waals surface area contributed by atoms with E-state index < -0.39 is 110 Å². The number of phosphoric ester groups is 3. The standard InChI is InChI=1S/C32H44N13O18P3S/c33-21-2-3-43(32(48)40-21)22-7-16(62-64(49,50)55-4-1-5-67)19(59-22)10-57-66(53,54)63-17-8-24(45-14-39-26-29(45)41-31(35)42-30(26)47)60-20(17)11-56-65(51,52)61-15-6-23(58-18(15)9-46)44-13-38-25-27(34)36-12-37-28(25)44/h2-3,12-20,22-24,46,67H,1,4-11H2,(H,49,50)(H,51,52)(H,53,54)(H2,33,40,48)(H2,34,36,37)(H3,35,41,42,47)/t15-,16-,17-,18-,19-,20-,22-,23-,24-/m1/s1. The molecular weight excluding hydrogens is 979 g/mol. The number of aliphatic hydroxyl groups excluding tert-OH is 1. The highest BCUT2D eigenvalue weighted by Crippen LogP contribution is 2.53. The van der Waals surface area contributed by atoms with Gasteiger partial charge >= 0.3 is 29.2 Å². The molecular formula is C32H44N13O18P3S. The first-order valence-electron chi connectivity index (χ1n) is 20.0. The molecule has 31 nitrogen and oxygen atoms in total. The van der Waals surface area contributed by atoms with Gasteiger partial charge in [0, 0.05) is 25.5 Å². The monoisotopic (exact) mass is 1020 g/mol. The number of rotatable bonds is 20. The van der Waals surface area contributed by atoms with Crippen molar-refractivity contribution in [3.05, 3.63) is 52.1 Å². The zero-order chi connectivity index (χ0) is 47.8. The molecule has 0 spiro atoms. The lowest BCUT2D eigenvalue weighted by Gasteiger charge is -2.25. The van der Waals surface area contributed by atoms with Gasteiger partial charge in [0.15, 0.2) is 22.6 Å². The van der Waals surface area contributed by atoms with Crippen molar-refractivity contribution in [3.8, 4) is 0 Å². The van der Waals surface area contributed by atoms with E-state index in [1.165, 1.54) is 40.4 Å². The second-order valence-corrected chi connectivity index (χ2v) is 19.7. The number of nitrogen functional groups attached to an aromatic ring is 3. The molecule has 3 fully saturated rings. The minimum atomic E-state index is -5.25. The van der Waals surface area contributed by atoms with E-state index in [0.717, 1.165) is 4.57 Å². The number of phosphoric acid groups is 3. The Morgan fingerprint density at radius 2 is 1.27 bits per heavy atom. The number of hydrogen-bond acceptors (Lipinski definition) is 25. The van der Waals surface area contributed by atoms with Crippen LogP contribution in [0.15, 0.2) is 40.8 Å². The Bertz CT molecular complexity index is 2850. The smallest absolute Gasteiger partial charge is 0.394 e. The number of hydrogen-bond donors (Lipinski definition) is 9. The van der Waals surface area contributed by atoms with E-state index in [4.69, 9.17) is 58.6 Å². The highest BCUT2D eigenvalue weighted by Gasteiger charge is 2.48. The topological polar surface area (TPSA) is 435 Å². The van der Waals surface area contributed by atoms with Crippen LogP contribution < -0.4 is 28.5 Å². The SMILES string of the molecule is Nc1ccn([C@H]2C[C@@H](OP(=O)(O)OCCCS)[C@@H](COP(=O)(O)O[C@@H]3C[C@H](n4cnc5c(=O)[nH]c(N)nc54)O[C@@H]3COP(=O)(O)O[C@@H]3C[C@H](n4cnc5c(N)ncnc54)O[C@@H]3CO)O2)c(=O)n1. The number of imidazole rings is 2. The predicted molar refractivity (Wildman–Crippen MR) is 228 cm³/mol. The molecule has 11 N–H and O–H groups in total. The molecule has 0 aliphatic carbocycles. The molecule has 3 aliphatic heterocycles. The number of aromatic amines is 1. The normalized spacial score (nSPS) is 28.2. The molecule has 0 saturated carbocycles. The number of nitrogens with two attached hydrogens (primary N) is 3. The van der Waals surface area contributed by atoms with Gasteiger partial charge in [0.2, 0.25) is 5.95 Å². The summed E-state index contributed by atoms with van der Waals surface area (Å²) in [5, 5.41) is 10.1. The van der Waals surface area contributed by atoms with Gasteiger partial charge in [0.1, 0.15) is 73.0 Å². The number of ether oxygens (including phenoxy) is 3. The van der Waals surface area contributed by atoms with Gasteiger partial charge < -0.3 is 51.2 Å². The molecule has 0 bridgehead atoms. The zero-order valence-electron chi connectivity index (χ0n) is 34.5. The van der Waals surface area contributed by atoms with Crippen LogP contribution in [0, 0.1) is 0 Å². The molecule has 3 unspecified atom stereocenters. The van der Waals surface area contributed by atoms with Crippen LogP contribution in [0.25, 0.3) is 22.3 Å². The number of aliphatic hydroxyl groups is 1. The minimum Gasteiger partial charge on any atom is -0.394 e. The van der Waals surface area contributed by atoms with E-state index in [1.54, 1.807) is 0 Å². The van der Waals surface area contributed by atoms with Crippen molar-refractivity contribution in [2.45, 2.75) is 81.0 Å². The first-order chi connectivity index (χ1) is 31.8. The van der Waals surface area contributed by atoms with Crippen molar-refractivity contribution < 1.29 is 74.8 Å². The number of nitrogens with zero attached hydrogens (tertiary/aromatic N) is 9. The van der Waals surface area contributed by atoms with Crippen LogP contribution in [-0.4, -0.2) is 137 Å². The van der Waals surface area contributed by atoms with Gasteiger partial charge in [-0.1, -0.05) is 0 Å². The van der Waals surface area contributed by atoms with E-state index in [-0.39, 0.29) is 65.8 Å². The van der Waals surface area contributed by atoms with Crippen LogP contribution in [0.4, 0.5) is 17.6 Å². The lowest BCUT2D eigenvalue weighted by Crippen LogP contribution is -2.31. The van der Waals surface area contributed by atoms with E-state index >= 15 is 0 Å². The van der Waals surface area contributed by atoms with E-state index in [1.807, 2.05) is 0 Å². The maximum Gasteiger partial charge on any atom is 0.472 e. The Morgan fingerprint density at radius 3 is 1.85 bits per heavy atom. The summed E-state index contributed by atoms with van der Waals surface area (Å²) in [7, 11) is -15.1. The highest BCUT2D eigenvalue weighted by molar-refractivity contribution is 7.80. The average molecular weight is 1020 g/mol. The quantitative estimate of drug-likeness (QED) is 0.0273. The van der Waals surface area contributed by atoms with Crippen LogP contribution in [-0.2, 0) is 55.0 Å². The number of thiol groups is 1. The van der Waals surface area contributed by atoms with E-state index in [2.05, 4.69) is 47.5 Å². The third-order valence-corrected chi connectivity index (χ3v) is 13.9. The molecule has 35 heteroatoms. The second-order valence-electron chi connectivity index (χ2n) is 15.0. The molecule has 8 heterocycles. The van der Waals surface area contributed by atoms with Crippen molar-refractivity contribution in [2.75, 3.05) is 49.4 Å². The average Bonchev–Trinajstić information content (AvgIpc) is 4.10. The summed E-state index contributed by atoms with van der Waals surface area (Å²) in [5.74, 6) is 0.0712. The molecule has 67 heavy (non-hydrogen) atoms. The molecule has 8 rings (SSSR count). The summed E-state index contributed by atoms with van der Waals surface area (Å²) >= 11 is 4.04. The molecule has 12 atom stereocenters. The van der Waals surface area contributed by atoms with Crippen LogP contribution in [0.1, 0.15) is 44.4 Å². The molecule has 0 aromatic carbocycles. The Hall–Kier alpha value is -4.30. The number of fused-ring (bicyclic) bond motifs is 2. The lowest BCUT2D eigenvalue weighted by molar-refractivity contribution is -0.0605. The third kappa shape index (κ3) is 11.3. The first kappa shape index (κ1) is 49.1. The molecule has 5 aromatic heterocycles. The maximum absolute atomic E-state index is 13.7. The first-order valence-corrected chi connectivity index (χ1v) is 25.1. The summed E-state index contributed by atoms with van der Waals surface area (Å²) in [6.45, 7) is -2.52. The van der Waals surface area contributed by atoms with Crippen molar-refractivity contribution in [3.63, 3.8) is 0 Å². The molecule has 3 saturated heterocycles. The Morgan fingerprint density at radius 1 is 0.731 bits per heavy atom. The molecule has 366 valence electrons. The van der Waals surface area contributed by atoms with Crippen LogP contribution in [0.3, 0.4) is 0 Å². The molecule has 0 radical (unpaired) electrons. The number of anilines is 3. The highest BCUT2D eigenvalue weighted by atomic mass is 32.1. The van der Waals surface area contributed by atoms with E-state index in [0.29, 0.717) is 12.2 Å². The number of H-pyrrole nitrogens is 1. The van der Waals surface area contributed by atoms with Gasteiger partial charge in [-0.15, -0.1) is 0 Å². The summed E-state index contributed by atoms with van der Waals surface area (Å²) < 4.78 is 93.8. The molecule has 3 aliphatic rings. The van der Waals surface area contributed by atoms with Gasteiger partial charge in [-0.3, -0.25) is 50.6 Å². The molecule has 0 amide bonds. The fourth-order valence-corrected chi connectivity index (χ4v) is 10.5. The lowest BCUT2D eigenvalue weighted by atomic mass is 10.2. The van der Waals surface area contributed by atoms with E-state index in [9.17, 15) is 43.1 Å². The Labute approximate surface area is 381 Å². The second kappa shape index (κ2) is 20.0. The van der Waals surface area contributed by atoms with Crippen molar-refractivity contribution >= 4 is 76.0 Å². The van der Waals surface area contributed by atoms with Gasteiger partial charge in [-0.25, -0.2) is 38.4 Å². The summed E-state index contributed by atoms with van der Waals surface area (Å²) in [6, 6.07) is 1.30. The molecule has 5 aromatic rings. The zero-order valence-corrected chi connectivity index (χ0v) is 38.1. The minimum absolute atomic E-state index is 0.0537. The summed E-state index contributed by atoms with van der Waals surface area (Å²) in [5.41, 5.74) is 16.1. The van der Waals surface area contributed by atoms with Gasteiger partial charge in [0.25, 0.3) is 5.56 Å². The Kier molecular flexibility index (Phi) is 14.6. The third-order valence-electron chi connectivity index (χ3n) is 10.5. The summed E-state index contributed by atoms with van der Waals surface area (Å²) in [4.78, 5) is 84.1. The fraction of sp³-hybridized carbons (Fsp3) is 0.562.